The lowest BCUT2D eigenvalue weighted by atomic mass is 10.1. The van der Waals surface area contributed by atoms with Crippen LogP contribution in [0.3, 0.4) is 0 Å². The Balaban J connectivity index is 1.43. The van der Waals surface area contributed by atoms with Crippen LogP contribution >= 0.6 is 11.3 Å². The number of carbonyl (C=O) groups is 1. The summed E-state index contributed by atoms with van der Waals surface area (Å²) >= 11 is 1.13. The van der Waals surface area contributed by atoms with Crippen LogP contribution in [0.2, 0.25) is 0 Å². The van der Waals surface area contributed by atoms with Gasteiger partial charge in [0, 0.05) is 32.1 Å². The number of phenolic OH excluding ortho intramolecular Hbond substituents is 1. The molecule has 0 saturated heterocycles. The third kappa shape index (κ3) is 8.47. The fraction of sp³-hybridized carbons (Fsp3) is 0.500. The highest BCUT2D eigenvalue weighted by Crippen LogP contribution is 2.27. The van der Waals surface area contributed by atoms with Crippen molar-refractivity contribution in [1.29, 1.82) is 0 Å². The van der Waals surface area contributed by atoms with E-state index in [2.05, 4.69) is 53.7 Å². The largest absolute Gasteiger partial charge is 0.506 e. The molecule has 36 heavy (non-hydrogen) atoms. The molecule has 3 rings (SSSR count). The first-order chi connectivity index (χ1) is 17.5. The second kappa shape index (κ2) is 14.8. The first-order valence-corrected chi connectivity index (χ1v) is 13.9. The Morgan fingerprint density at radius 1 is 1.06 bits per heavy atom. The van der Waals surface area contributed by atoms with Gasteiger partial charge in [0.2, 0.25) is 5.91 Å². The van der Waals surface area contributed by atoms with Crippen LogP contribution in [0.4, 0.5) is 0 Å². The van der Waals surface area contributed by atoms with Crippen LogP contribution in [0, 0.1) is 0 Å². The van der Waals surface area contributed by atoms with Crippen LogP contribution in [0.1, 0.15) is 50.7 Å². The van der Waals surface area contributed by atoms with Gasteiger partial charge in [-0.1, -0.05) is 67.5 Å². The highest BCUT2D eigenvalue weighted by Gasteiger charge is 2.19. The number of carbonyl (C=O) groups excluding carboxylic acids is 1. The van der Waals surface area contributed by atoms with E-state index in [-0.39, 0.29) is 22.6 Å². The van der Waals surface area contributed by atoms with E-state index in [0.29, 0.717) is 31.6 Å². The number of aromatic nitrogens is 1. The molecular formula is C28H40N4O3S. The van der Waals surface area contributed by atoms with Crippen LogP contribution in [-0.4, -0.2) is 59.7 Å². The van der Waals surface area contributed by atoms with Gasteiger partial charge in [-0.3, -0.25) is 9.59 Å². The molecule has 3 aromatic rings. The van der Waals surface area contributed by atoms with Crippen LogP contribution in [0.15, 0.2) is 47.3 Å². The van der Waals surface area contributed by atoms with Crippen LogP contribution in [-0.2, 0) is 17.6 Å². The van der Waals surface area contributed by atoms with E-state index >= 15 is 0 Å². The molecule has 0 saturated carbocycles. The molecule has 0 bridgehead atoms. The van der Waals surface area contributed by atoms with Gasteiger partial charge in [0.15, 0.2) is 0 Å². The minimum absolute atomic E-state index is 0.102. The Hall–Kier alpha value is -2.68. The van der Waals surface area contributed by atoms with Crippen molar-refractivity contribution in [2.24, 2.45) is 0 Å². The first-order valence-electron chi connectivity index (χ1n) is 13.1. The lowest BCUT2D eigenvalue weighted by Gasteiger charge is -2.30. The minimum atomic E-state index is -0.162. The van der Waals surface area contributed by atoms with Gasteiger partial charge >= 0.3 is 4.87 Å². The number of thiazole rings is 1. The molecule has 8 heteroatoms. The maximum Gasteiger partial charge on any atom is 0.305 e. The molecule has 1 aromatic heterocycles. The zero-order chi connectivity index (χ0) is 25.8. The summed E-state index contributed by atoms with van der Waals surface area (Å²) in [4.78, 5) is 29.3. The third-order valence-corrected chi connectivity index (χ3v) is 7.47. The first kappa shape index (κ1) is 27.9. The summed E-state index contributed by atoms with van der Waals surface area (Å²) in [6.07, 6.45) is 5.46. The molecule has 7 nitrogen and oxygen atoms in total. The van der Waals surface area contributed by atoms with Crippen molar-refractivity contribution in [2.45, 2.75) is 58.4 Å². The highest BCUT2D eigenvalue weighted by atomic mass is 32.1. The molecule has 1 amide bonds. The van der Waals surface area contributed by atoms with Crippen molar-refractivity contribution in [2.75, 3.05) is 32.7 Å². The topological polar surface area (TPSA) is 97.5 Å². The quantitative estimate of drug-likeness (QED) is 0.217. The van der Waals surface area contributed by atoms with Crippen molar-refractivity contribution < 1.29 is 9.90 Å². The normalized spacial score (nSPS) is 12.2. The van der Waals surface area contributed by atoms with E-state index in [1.54, 1.807) is 6.07 Å². The van der Waals surface area contributed by atoms with Gasteiger partial charge in [-0.2, -0.15) is 0 Å². The maximum absolute atomic E-state index is 13.0. The Labute approximate surface area is 217 Å². The number of phenols is 1. The van der Waals surface area contributed by atoms with Gasteiger partial charge in [-0.05, 0) is 56.5 Å². The second-order valence-electron chi connectivity index (χ2n) is 9.28. The minimum Gasteiger partial charge on any atom is -0.506 e. The molecule has 4 N–H and O–H groups in total. The predicted molar refractivity (Wildman–Crippen MR) is 149 cm³/mol. The fourth-order valence-corrected chi connectivity index (χ4v) is 5.30. The summed E-state index contributed by atoms with van der Waals surface area (Å²) in [6, 6.07) is 14.1. The summed E-state index contributed by atoms with van der Waals surface area (Å²) in [6.45, 7) is 8.01. The number of fused-ring (bicyclic) bond motifs is 1. The fourth-order valence-electron chi connectivity index (χ4n) is 4.41. The average Bonchev–Trinajstić information content (AvgIpc) is 3.28. The number of nitrogens with zero attached hydrogens (tertiary/aromatic N) is 1. The lowest BCUT2D eigenvalue weighted by molar-refractivity contribution is -0.133. The number of rotatable bonds is 16. The summed E-state index contributed by atoms with van der Waals surface area (Å²) in [7, 11) is 0. The van der Waals surface area contributed by atoms with E-state index in [9.17, 15) is 14.7 Å². The summed E-state index contributed by atoms with van der Waals surface area (Å²) < 4.78 is 0.812. The molecule has 0 unspecified atom stereocenters. The van der Waals surface area contributed by atoms with Gasteiger partial charge in [0.05, 0.1) is 4.70 Å². The van der Waals surface area contributed by atoms with E-state index in [1.807, 2.05) is 17.0 Å². The molecule has 0 fully saturated rings. The SMILES string of the molecule is CCCC[C@H](C)N(CCNCCc1ccc(O)c2[nH]c(=O)sc12)C(=O)CCNCCc1ccccc1. The third-order valence-electron chi connectivity index (χ3n) is 6.52. The summed E-state index contributed by atoms with van der Waals surface area (Å²) in [5.74, 6) is 0.301. The number of benzene rings is 2. The van der Waals surface area contributed by atoms with Gasteiger partial charge in [0.25, 0.3) is 0 Å². The van der Waals surface area contributed by atoms with Crippen LogP contribution in [0.25, 0.3) is 10.2 Å². The number of hydrogen-bond donors (Lipinski definition) is 4. The van der Waals surface area contributed by atoms with E-state index in [1.165, 1.54) is 5.56 Å². The van der Waals surface area contributed by atoms with Gasteiger partial charge in [-0.25, -0.2) is 0 Å². The second-order valence-corrected chi connectivity index (χ2v) is 10.3. The van der Waals surface area contributed by atoms with Crippen molar-refractivity contribution in [3.05, 3.63) is 63.3 Å². The Kier molecular flexibility index (Phi) is 11.5. The molecular weight excluding hydrogens is 472 g/mol. The number of unbranched alkanes of at least 4 members (excludes halogenated alkanes) is 1. The molecule has 1 heterocycles. The van der Waals surface area contributed by atoms with Gasteiger partial charge in [-0.15, -0.1) is 0 Å². The number of aromatic hydroxyl groups is 1. The molecule has 196 valence electrons. The molecule has 1 atom stereocenters. The summed E-state index contributed by atoms with van der Waals surface area (Å²) in [5, 5.41) is 16.8. The predicted octanol–water partition coefficient (Wildman–Crippen LogP) is 4.06. The smallest absolute Gasteiger partial charge is 0.305 e. The Bertz CT molecular complexity index is 1130. The highest BCUT2D eigenvalue weighted by molar-refractivity contribution is 7.16. The number of H-pyrrole nitrogens is 1. The zero-order valence-corrected chi connectivity index (χ0v) is 22.3. The molecule has 0 aliphatic rings. The van der Waals surface area contributed by atoms with Crippen molar-refractivity contribution in [3.63, 3.8) is 0 Å². The van der Waals surface area contributed by atoms with E-state index in [0.717, 1.165) is 66.8 Å². The zero-order valence-electron chi connectivity index (χ0n) is 21.5. The number of amides is 1. The molecule has 0 aliphatic carbocycles. The Morgan fingerprint density at radius 3 is 2.58 bits per heavy atom. The maximum atomic E-state index is 13.0. The lowest BCUT2D eigenvalue weighted by Crippen LogP contribution is -2.43. The summed E-state index contributed by atoms with van der Waals surface area (Å²) in [5.41, 5.74) is 2.85. The van der Waals surface area contributed by atoms with Crippen molar-refractivity contribution in [3.8, 4) is 5.75 Å². The van der Waals surface area contributed by atoms with E-state index in [4.69, 9.17) is 0 Å². The van der Waals surface area contributed by atoms with E-state index < -0.39 is 0 Å². The van der Waals surface area contributed by atoms with Gasteiger partial charge in [0.1, 0.15) is 11.3 Å². The standard InChI is InChI=1S/C28H40N4O3S/c1-3-4-8-21(2)32(25(34)15-18-29-16-13-22-9-6-5-7-10-22)20-19-30-17-14-23-11-12-24(33)26-27(23)36-28(35)31-26/h5-7,9-12,21,29-30,33H,3-4,8,13-20H2,1-2H3,(H,31,35)/t21-/m0/s1. The average molecular weight is 513 g/mol. The van der Waals surface area contributed by atoms with Crippen molar-refractivity contribution >= 4 is 27.5 Å². The monoisotopic (exact) mass is 512 g/mol. The van der Waals surface area contributed by atoms with Gasteiger partial charge < -0.3 is 25.6 Å². The molecule has 2 aromatic carbocycles. The van der Waals surface area contributed by atoms with Crippen LogP contribution < -0.4 is 15.5 Å². The van der Waals surface area contributed by atoms with Crippen LogP contribution in [0.5, 0.6) is 5.75 Å². The van der Waals surface area contributed by atoms with Crippen molar-refractivity contribution in [1.82, 2.24) is 20.5 Å². The Morgan fingerprint density at radius 2 is 1.81 bits per heavy atom. The number of aromatic amines is 1. The molecule has 0 spiro atoms. The molecule has 0 aliphatic heterocycles. The number of nitrogens with one attached hydrogen (secondary N) is 3. The number of hydrogen-bond acceptors (Lipinski definition) is 6. The molecule has 0 radical (unpaired) electrons.